The first-order valence-electron chi connectivity index (χ1n) is 5.92. The van der Waals surface area contributed by atoms with E-state index in [1.165, 1.54) is 0 Å². The minimum Gasteiger partial charge on any atom is -0.491 e. The first-order chi connectivity index (χ1) is 8.38. The molecular formula is C14H17NO2. The van der Waals surface area contributed by atoms with E-state index in [2.05, 4.69) is 11.8 Å². The topological polar surface area (TPSA) is 44.5 Å². The molecule has 0 spiro atoms. The predicted octanol–water partition coefficient (Wildman–Crippen LogP) is 1.55. The summed E-state index contributed by atoms with van der Waals surface area (Å²) in [5.41, 5.74) is 6.27. The van der Waals surface area contributed by atoms with Gasteiger partial charge in [-0.25, -0.2) is 0 Å². The minimum absolute atomic E-state index is 0.256. The first kappa shape index (κ1) is 12.0. The van der Waals surface area contributed by atoms with Crippen LogP contribution in [-0.4, -0.2) is 25.9 Å². The summed E-state index contributed by atoms with van der Waals surface area (Å²) in [7, 11) is 0. The maximum Gasteiger partial charge on any atom is 0.119 e. The van der Waals surface area contributed by atoms with Gasteiger partial charge in [0.1, 0.15) is 12.4 Å². The Kier molecular flexibility index (Phi) is 4.43. The number of benzene rings is 1. The van der Waals surface area contributed by atoms with Crippen molar-refractivity contribution in [1.29, 1.82) is 0 Å². The molecule has 2 rings (SSSR count). The fraction of sp³-hybridized carbons (Fsp3) is 0.429. The van der Waals surface area contributed by atoms with Crippen LogP contribution in [0.5, 0.6) is 5.75 Å². The summed E-state index contributed by atoms with van der Waals surface area (Å²) in [6.45, 7) is 1.88. The third kappa shape index (κ3) is 3.77. The molecule has 1 atom stereocenters. The molecule has 0 saturated carbocycles. The van der Waals surface area contributed by atoms with Crippen molar-refractivity contribution in [3.8, 4) is 17.6 Å². The van der Waals surface area contributed by atoms with Gasteiger partial charge >= 0.3 is 0 Å². The Labute approximate surface area is 102 Å². The maximum atomic E-state index is 5.65. The second-order valence-electron chi connectivity index (χ2n) is 3.98. The molecule has 1 saturated heterocycles. The van der Waals surface area contributed by atoms with Crippen LogP contribution in [0.3, 0.4) is 0 Å². The lowest BCUT2D eigenvalue weighted by atomic mass is 10.2. The molecule has 1 aromatic carbocycles. The van der Waals surface area contributed by atoms with Gasteiger partial charge < -0.3 is 15.2 Å². The van der Waals surface area contributed by atoms with Gasteiger partial charge in [-0.05, 0) is 37.1 Å². The summed E-state index contributed by atoms with van der Waals surface area (Å²) in [6.07, 6.45) is 2.49. The van der Waals surface area contributed by atoms with Crippen LogP contribution in [0.15, 0.2) is 24.3 Å². The van der Waals surface area contributed by atoms with Crippen LogP contribution < -0.4 is 10.5 Å². The highest BCUT2D eigenvalue weighted by Gasteiger charge is 2.15. The average molecular weight is 231 g/mol. The van der Waals surface area contributed by atoms with E-state index in [0.717, 1.165) is 30.8 Å². The Morgan fingerprint density at radius 3 is 2.82 bits per heavy atom. The van der Waals surface area contributed by atoms with E-state index in [0.29, 0.717) is 13.2 Å². The molecule has 17 heavy (non-hydrogen) atoms. The predicted molar refractivity (Wildman–Crippen MR) is 66.8 cm³/mol. The molecule has 0 bridgehead atoms. The van der Waals surface area contributed by atoms with Crippen molar-refractivity contribution < 1.29 is 9.47 Å². The van der Waals surface area contributed by atoms with Crippen molar-refractivity contribution in [2.45, 2.75) is 18.9 Å². The van der Waals surface area contributed by atoms with Crippen molar-refractivity contribution in [2.75, 3.05) is 19.8 Å². The Balaban J connectivity index is 1.84. The molecule has 1 fully saturated rings. The molecule has 90 valence electrons. The van der Waals surface area contributed by atoms with Crippen LogP contribution in [0.25, 0.3) is 0 Å². The molecule has 3 heteroatoms. The Morgan fingerprint density at radius 1 is 1.35 bits per heavy atom. The van der Waals surface area contributed by atoms with E-state index >= 15 is 0 Å². The monoisotopic (exact) mass is 231 g/mol. The van der Waals surface area contributed by atoms with E-state index in [-0.39, 0.29) is 6.10 Å². The number of hydrogen-bond donors (Lipinski definition) is 1. The highest BCUT2D eigenvalue weighted by Crippen LogP contribution is 2.16. The van der Waals surface area contributed by atoms with Crippen LogP contribution in [-0.2, 0) is 4.74 Å². The molecular weight excluding hydrogens is 214 g/mol. The van der Waals surface area contributed by atoms with Crippen LogP contribution in [0.4, 0.5) is 0 Å². The molecule has 1 unspecified atom stereocenters. The van der Waals surface area contributed by atoms with Gasteiger partial charge in [0.05, 0.1) is 12.6 Å². The summed E-state index contributed by atoms with van der Waals surface area (Å²) in [4.78, 5) is 0. The number of nitrogens with two attached hydrogens (primary N) is 1. The van der Waals surface area contributed by atoms with Crippen molar-refractivity contribution in [1.82, 2.24) is 0 Å². The Hall–Kier alpha value is -1.50. The van der Waals surface area contributed by atoms with Crippen LogP contribution >= 0.6 is 0 Å². The minimum atomic E-state index is 0.256. The standard InChI is InChI=1S/C14H17NO2/c15-9-1-3-12-5-7-13(8-6-12)17-11-14-4-2-10-16-14/h5-8,14H,2,4,9-11,15H2. The first-order valence-corrected chi connectivity index (χ1v) is 5.92. The fourth-order valence-corrected chi connectivity index (χ4v) is 1.75. The van der Waals surface area contributed by atoms with E-state index < -0.39 is 0 Å². The average Bonchev–Trinajstić information content (AvgIpc) is 2.88. The summed E-state index contributed by atoms with van der Waals surface area (Å²) >= 11 is 0. The summed E-state index contributed by atoms with van der Waals surface area (Å²) in [5, 5.41) is 0. The maximum absolute atomic E-state index is 5.65. The molecule has 1 aliphatic heterocycles. The van der Waals surface area contributed by atoms with E-state index in [9.17, 15) is 0 Å². The van der Waals surface area contributed by atoms with Crippen molar-refractivity contribution in [2.24, 2.45) is 5.73 Å². The molecule has 0 aromatic heterocycles. The third-order valence-corrected chi connectivity index (χ3v) is 2.65. The molecule has 1 aromatic rings. The second kappa shape index (κ2) is 6.29. The lowest BCUT2D eigenvalue weighted by Gasteiger charge is -2.11. The molecule has 0 aliphatic carbocycles. The van der Waals surface area contributed by atoms with E-state index in [1.807, 2.05) is 24.3 Å². The van der Waals surface area contributed by atoms with Gasteiger partial charge in [0.15, 0.2) is 0 Å². The second-order valence-corrected chi connectivity index (χ2v) is 3.98. The summed E-state index contributed by atoms with van der Waals surface area (Å²) < 4.78 is 11.1. The highest BCUT2D eigenvalue weighted by atomic mass is 16.5. The van der Waals surface area contributed by atoms with Gasteiger partial charge in [-0.3, -0.25) is 0 Å². The fourth-order valence-electron chi connectivity index (χ4n) is 1.75. The third-order valence-electron chi connectivity index (χ3n) is 2.65. The van der Waals surface area contributed by atoms with Crippen molar-refractivity contribution >= 4 is 0 Å². The SMILES string of the molecule is NCC#Cc1ccc(OCC2CCCO2)cc1. The molecule has 1 heterocycles. The molecule has 2 N–H and O–H groups in total. The largest absolute Gasteiger partial charge is 0.491 e. The van der Waals surface area contributed by atoms with Crippen LogP contribution in [0.1, 0.15) is 18.4 Å². The van der Waals surface area contributed by atoms with E-state index in [4.69, 9.17) is 15.2 Å². The Bertz CT molecular complexity index is 396. The molecule has 1 aliphatic rings. The van der Waals surface area contributed by atoms with Gasteiger partial charge in [0, 0.05) is 12.2 Å². The van der Waals surface area contributed by atoms with Gasteiger partial charge in [-0.1, -0.05) is 11.8 Å². The zero-order valence-electron chi connectivity index (χ0n) is 9.82. The number of rotatable bonds is 3. The molecule has 3 nitrogen and oxygen atoms in total. The summed E-state index contributed by atoms with van der Waals surface area (Å²) in [5.74, 6) is 6.65. The zero-order chi connectivity index (χ0) is 11.9. The highest BCUT2D eigenvalue weighted by molar-refractivity contribution is 5.38. The smallest absolute Gasteiger partial charge is 0.119 e. The number of ether oxygens (including phenoxy) is 2. The van der Waals surface area contributed by atoms with Crippen molar-refractivity contribution in [3.63, 3.8) is 0 Å². The van der Waals surface area contributed by atoms with Gasteiger partial charge in [-0.15, -0.1) is 0 Å². The van der Waals surface area contributed by atoms with Crippen LogP contribution in [0, 0.1) is 11.8 Å². The van der Waals surface area contributed by atoms with Crippen molar-refractivity contribution in [3.05, 3.63) is 29.8 Å². The lowest BCUT2D eigenvalue weighted by molar-refractivity contribution is 0.0679. The summed E-state index contributed by atoms with van der Waals surface area (Å²) in [6, 6.07) is 7.73. The molecule has 0 amide bonds. The van der Waals surface area contributed by atoms with Gasteiger partial charge in [0.25, 0.3) is 0 Å². The van der Waals surface area contributed by atoms with Gasteiger partial charge in [0.2, 0.25) is 0 Å². The zero-order valence-corrected chi connectivity index (χ0v) is 9.82. The quantitative estimate of drug-likeness (QED) is 0.803. The lowest BCUT2D eigenvalue weighted by Crippen LogP contribution is -2.16. The van der Waals surface area contributed by atoms with Crippen LogP contribution in [0.2, 0.25) is 0 Å². The number of hydrogen-bond acceptors (Lipinski definition) is 3. The Morgan fingerprint density at radius 2 is 2.18 bits per heavy atom. The van der Waals surface area contributed by atoms with E-state index in [1.54, 1.807) is 0 Å². The molecule has 0 radical (unpaired) electrons. The van der Waals surface area contributed by atoms with Gasteiger partial charge in [-0.2, -0.15) is 0 Å². The normalized spacial score (nSPS) is 18.5.